The zero-order valence-electron chi connectivity index (χ0n) is 11.6. The maximum Gasteiger partial charge on any atom is 0.340 e. The van der Waals surface area contributed by atoms with Gasteiger partial charge < -0.3 is 4.74 Å². The molecule has 0 aliphatic carbocycles. The fourth-order valence-electron chi connectivity index (χ4n) is 1.69. The minimum absolute atomic E-state index is 0.222. The Balaban J connectivity index is 2.55. The number of nitrogens with one attached hydrogen (secondary N) is 1. The van der Waals surface area contributed by atoms with Crippen LogP contribution in [0.3, 0.4) is 0 Å². The summed E-state index contributed by atoms with van der Waals surface area (Å²) in [7, 11) is -3.17. The van der Waals surface area contributed by atoms with E-state index in [1.54, 1.807) is 0 Å². The minimum Gasteiger partial charge on any atom is -0.465 e. The first-order chi connectivity index (χ1) is 10.4. The number of anilines is 1. The molecule has 0 radical (unpaired) electrons. The fraction of sp³-hybridized carbons (Fsp3) is 0.167. The summed E-state index contributed by atoms with van der Waals surface area (Å²) in [5.74, 6) is -1.80. The first-order valence-electron chi connectivity index (χ1n) is 5.89. The van der Waals surface area contributed by atoms with Gasteiger partial charge in [-0.25, -0.2) is 24.1 Å². The summed E-state index contributed by atoms with van der Waals surface area (Å²) in [6.07, 6.45) is 1.96. The number of carbonyl (C=O) groups is 1. The van der Waals surface area contributed by atoms with Crippen molar-refractivity contribution in [2.24, 2.45) is 0 Å². The average Bonchev–Trinajstić information content (AvgIpc) is 2.51. The van der Waals surface area contributed by atoms with Crippen LogP contribution in [0.5, 0.6) is 0 Å². The van der Waals surface area contributed by atoms with Crippen molar-refractivity contribution in [1.29, 1.82) is 0 Å². The summed E-state index contributed by atoms with van der Waals surface area (Å²) < 4.78 is 44.8. The highest BCUT2D eigenvalue weighted by atomic mass is 32.2. The Labute approximate surface area is 125 Å². The molecule has 8 nitrogen and oxygen atoms in total. The number of halogens is 1. The Morgan fingerprint density at radius 2 is 1.91 bits per heavy atom. The lowest BCUT2D eigenvalue weighted by molar-refractivity contribution is 0.0600. The van der Waals surface area contributed by atoms with E-state index >= 15 is 0 Å². The van der Waals surface area contributed by atoms with Crippen molar-refractivity contribution in [1.82, 2.24) is 15.0 Å². The highest BCUT2D eigenvalue weighted by molar-refractivity contribution is 7.92. The molecular weight excluding hydrogens is 315 g/mol. The van der Waals surface area contributed by atoms with Crippen molar-refractivity contribution >= 4 is 21.7 Å². The summed E-state index contributed by atoms with van der Waals surface area (Å²) in [5, 5.41) is -0.598. The number of esters is 1. The summed E-state index contributed by atoms with van der Waals surface area (Å²) in [5.41, 5.74) is -0.394. The van der Waals surface area contributed by atoms with E-state index in [1.165, 1.54) is 13.0 Å². The van der Waals surface area contributed by atoms with Crippen LogP contribution in [0.15, 0.2) is 29.9 Å². The van der Waals surface area contributed by atoms with Gasteiger partial charge >= 0.3 is 5.97 Å². The molecular formula is C12H11FN4O4S. The number of ether oxygens (including phenoxy) is 1. The van der Waals surface area contributed by atoms with Gasteiger partial charge in [-0.2, -0.15) is 8.42 Å². The summed E-state index contributed by atoms with van der Waals surface area (Å²) >= 11 is 0. The molecule has 0 aliphatic rings. The van der Waals surface area contributed by atoms with E-state index in [4.69, 9.17) is 0 Å². The second-order valence-corrected chi connectivity index (χ2v) is 5.71. The number of benzene rings is 1. The lowest BCUT2D eigenvalue weighted by atomic mass is 10.1. The Bertz CT molecular complexity index is 811. The predicted molar refractivity (Wildman–Crippen MR) is 73.1 cm³/mol. The van der Waals surface area contributed by atoms with Crippen LogP contribution >= 0.6 is 0 Å². The number of carbonyl (C=O) groups excluding carboxylic acids is 1. The maximum absolute atomic E-state index is 14.0. The number of sulfonamides is 1. The smallest absolute Gasteiger partial charge is 0.340 e. The standard InChI is InChI=1S/C12H11FN4O4S/c1-7-3-4-8(13)10(9(7)11(18)21-2)17-22(19,20)12-15-5-14-6-16-12/h3-6,17H,1-2H3. The number of hydrogen-bond acceptors (Lipinski definition) is 7. The number of nitrogens with zero attached hydrogens (tertiary/aromatic N) is 3. The summed E-state index contributed by atoms with van der Waals surface area (Å²) in [6.45, 7) is 1.52. The number of rotatable bonds is 4. The van der Waals surface area contributed by atoms with Gasteiger partial charge in [0.1, 0.15) is 18.5 Å². The van der Waals surface area contributed by atoms with Crippen molar-refractivity contribution in [2.75, 3.05) is 11.8 Å². The molecule has 0 unspecified atom stereocenters. The van der Waals surface area contributed by atoms with Crippen molar-refractivity contribution in [3.63, 3.8) is 0 Å². The molecule has 1 aromatic heterocycles. The molecule has 2 aromatic rings. The quantitative estimate of drug-likeness (QED) is 0.831. The Hall–Kier alpha value is -2.62. The molecule has 1 aromatic carbocycles. The Morgan fingerprint density at radius 1 is 1.27 bits per heavy atom. The van der Waals surface area contributed by atoms with E-state index in [0.29, 0.717) is 5.56 Å². The van der Waals surface area contributed by atoms with Crippen LogP contribution in [0, 0.1) is 12.7 Å². The van der Waals surface area contributed by atoms with Gasteiger partial charge in [0.25, 0.3) is 15.2 Å². The van der Waals surface area contributed by atoms with Crippen LogP contribution < -0.4 is 4.72 Å². The van der Waals surface area contributed by atoms with Crippen molar-refractivity contribution in [3.8, 4) is 0 Å². The molecule has 0 aliphatic heterocycles. The largest absolute Gasteiger partial charge is 0.465 e. The van der Waals surface area contributed by atoms with E-state index < -0.39 is 32.7 Å². The maximum atomic E-state index is 14.0. The van der Waals surface area contributed by atoms with Crippen LogP contribution in [0.4, 0.5) is 10.1 Å². The van der Waals surface area contributed by atoms with Gasteiger partial charge in [-0.15, -0.1) is 0 Å². The highest BCUT2D eigenvalue weighted by Crippen LogP contribution is 2.26. The van der Waals surface area contributed by atoms with Gasteiger partial charge in [-0.3, -0.25) is 4.72 Å². The molecule has 2 rings (SSSR count). The van der Waals surface area contributed by atoms with Crippen LogP contribution in [0.1, 0.15) is 15.9 Å². The molecule has 116 valence electrons. The van der Waals surface area contributed by atoms with Gasteiger partial charge in [-0.1, -0.05) is 6.07 Å². The molecule has 1 N–H and O–H groups in total. The van der Waals surface area contributed by atoms with Gasteiger partial charge in [0.15, 0.2) is 0 Å². The predicted octanol–water partition coefficient (Wildman–Crippen LogP) is 0.907. The second kappa shape index (κ2) is 6.02. The van der Waals surface area contributed by atoms with E-state index in [0.717, 1.165) is 25.8 Å². The average molecular weight is 326 g/mol. The molecule has 0 amide bonds. The minimum atomic E-state index is -4.28. The summed E-state index contributed by atoms with van der Waals surface area (Å²) in [4.78, 5) is 22.2. The van der Waals surface area contributed by atoms with Gasteiger partial charge in [0.2, 0.25) is 0 Å². The van der Waals surface area contributed by atoms with E-state index in [-0.39, 0.29) is 5.56 Å². The molecule has 0 spiro atoms. The molecule has 0 saturated carbocycles. The van der Waals surface area contributed by atoms with E-state index in [9.17, 15) is 17.6 Å². The van der Waals surface area contributed by atoms with Crippen molar-refractivity contribution in [3.05, 3.63) is 41.7 Å². The SMILES string of the molecule is COC(=O)c1c(C)ccc(F)c1NS(=O)(=O)c1ncncn1. The first-order valence-corrected chi connectivity index (χ1v) is 7.37. The topological polar surface area (TPSA) is 111 Å². The number of aryl methyl sites for hydroxylation is 1. The number of hydrogen-bond donors (Lipinski definition) is 1. The van der Waals surface area contributed by atoms with E-state index in [2.05, 4.69) is 19.7 Å². The van der Waals surface area contributed by atoms with Gasteiger partial charge in [0, 0.05) is 0 Å². The third-order valence-corrected chi connectivity index (χ3v) is 3.86. The molecule has 0 atom stereocenters. The van der Waals surface area contributed by atoms with Crippen LogP contribution in [-0.4, -0.2) is 36.4 Å². The van der Waals surface area contributed by atoms with Crippen molar-refractivity contribution in [2.45, 2.75) is 12.1 Å². The van der Waals surface area contributed by atoms with Crippen LogP contribution in [0.25, 0.3) is 0 Å². The number of methoxy groups -OCH3 is 1. The monoisotopic (exact) mass is 326 g/mol. The number of aromatic nitrogens is 3. The zero-order chi connectivity index (χ0) is 16.3. The Kier molecular flexibility index (Phi) is 4.31. The van der Waals surface area contributed by atoms with Gasteiger partial charge in [0.05, 0.1) is 18.4 Å². The van der Waals surface area contributed by atoms with Gasteiger partial charge in [-0.05, 0) is 18.6 Å². The summed E-state index contributed by atoms with van der Waals surface area (Å²) in [6, 6.07) is 2.37. The highest BCUT2D eigenvalue weighted by Gasteiger charge is 2.25. The lowest BCUT2D eigenvalue weighted by Crippen LogP contribution is -2.20. The molecule has 10 heteroatoms. The van der Waals surface area contributed by atoms with Crippen LogP contribution in [-0.2, 0) is 14.8 Å². The van der Waals surface area contributed by atoms with E-state index in [1.807, 2.05) is 4.72 Å². The third-order valence-electron chi connectivity index (χ3n) is 2.70. The molecule has 0 saturated heterocycles. The van der Waals surface area contributed by atoms with Crippen molar-refractivity contribution < 1.29 is 22.3 Å². The first kappa shape index (κ1) is 15.8. The molecule has 0 fully saturated rings. The molecule has 0 bridgehead atoms. The fourth-order valence-corrected chi connectivity index (χ4v) is 2.63. The second-order valence-electron chi connectivity index (χ2n) is 4.13. The molecule has 1 heterocycles. The lowest BCUT2D eigenvalue weighted by Gasteiger charge is -2.13. The van der Waals surface area contributed by atoms with Crippen LogP contribution in [0.2, 0.25) is 0 Å². The molecule has 22 heavy (non-hydrogen) atoms. The third kappa shape index (κ3) is 3.01. The normalized spacial score (nSPS) is 11.0. The zero-order valence-corrected chi connectivity index (χ0v) is 12.4. The Morgan fingerprint density at radius 3 is 2.50 bits per heavy atom.